The molecule has 116 valence electrons. The normalized spacial score (nSPS) is 11.9. The first kappa shape index (κ1) is 17.1. The highest BCUT2D eigenvalue weighted by Crippen LogP contribution is 2.24. The van der Waals surface area contributed by atoms with Crippen LogP contribution in [0.5, 0.6) is 0 Å². The van der Waals surface area contributed by atoms with Crippen LogP contribution in [-0.4, -0.2) is 24.3 Å². The third kappa shape index (κ3) is 5.15. The van der Waals surface area contributed by atoms with E-state index >= 15 is 0 Å². The highest BCUT2D eigenvalue weighted by molar-refractivity contribution is 14.1. The van der Waals surface area contributed by atoms with Gasteiger partial charge in [0.2, 0.25) is 0 Å². The van der Waals surface area contributed by atoms with Gasteiger partial charge in [-0.25, -0.2) is 4.79 Å². The van der Waals surface area contributed by atoms with Gasteiger partial charge in [0.05, 0.1) is 6.04 Å². The molecule has 1 atom stereocenters. The quantitative estimate of drug-likeness (QED) is 0.481. The van der Waals surface area contributed by atoms with Crippen LogP contribution in [-0.2, 0) is 0 Å². The summed E-state index contributed by atoms with van der Waals surface area (Å²) in [5.41, 5.74) is 2.21. The molecule has 0 radical (unpaired) electrons. The van der Waals surface area contributed by atoms with Crippen molar-refractivity contribution in [1.82, 2.24) is 10.6 Å². The molecule has 3 N–H and O–H groups in total. The SMILES string of the molecule is O=C(O)NCCNC(c1ccc(Cl)cc1)c1ccc(I)cc1. The maximum atomic E-state index is 10.5. The van der Waals surface area contributed by atoms with Crippen LogP contribution in [0.4, 0.5) is 4.79 Å². The molecule has 0 saturated carbocycles. The van der Waals surface area contributed by atoms with Gasteiger partial charge in [-0.1, -0.05) is 35.9 Å². The minimum Gasteiger partial charge on any atom is -0.465 e. The predicted molar refractivity (Wildman–Crippen MR) is 96.5 cm³/mol. The van der Waals surface area contributed by atoms with E-state index in [1.54, 1.807) is 0 Å². The summed E-state index contributed by atoms with van der Waals surface area (Å²) in [6.45, 7) is 0.884. The lowest BCUT2D eigenvalue weighted by Gasteiger charge is -2.20. The summed E-state index contributed by atoms with van der Waals surface area (Å²) in [6, 6.07) is 15.9. The third-order valence-corrected chi connectivity index (χ3v) is 4.13. The molecule has 0 aliphatic heterocycles. The van der Waals surface area contributed by atoms with Gasteiger partial charge in [0.15, 0.2) is 0 Å². The van der Waals surface area contributed by atoms with Crippen LogP contribution in [0, 0.1) is 3.57 Å². The molecule has 0 aliphatic carbocycles. The second-order valence-corrected chi connectivity index (χ2v) is 6.40. The van der Waals surface area contributed by atoms with Crippen molar-refractivity contribution in [2.75, 3.05) is 13.1 Å². The fourth-order valence-corrected chi connectivity index (χ4v) is 2.61. The molecule has 1 unspecified atom stereocenters. The van der Waals surface area contributed by atoms with E-state index in [2.05, 4.69) is 57.5 Å². The third-order valence-electron chi connectivity index (χ3n) is 3.16. The number of amides is 1. The lowest BCUT2D eigenvalue weighted by Crippen LogP contribution is -2.33. The van der Waals surface area contributed by atoms with E-state index in [-0.39, 0.29) is 6.04 Å². The zero-order valence-corrected chi connectivity index (χ0v) is 14.6. The Hall–Kier alpha value is -1.31. The van der Waals surface area contributed by atoms with Crippen molar-refractivity contribution in [3.05, 3.63) is 68.3 Å². The molecule has 0 bridgehead atoms. The molecule has 6 heteroatoms. The van der Waals surface area contributed by atoms with Gasteiger partial charge in [0.1, 0.15) is 0 Å². The highest BCUT2D eigenvalue weighted by Gasteiger charge is 2.13. The van der Waals surface area contributed by atoms with E-state index in [9.17, 15) is 4.79 Å². The van der Waals surface area contributed by atoms with Gasteiger partial charge >= 0.3 is 6.09 Å². The maximum Gasteiger partial charge on any atom is 0.404 e. The largest absolute Gasteiger partial charge is 0.465 e. The molecule has 22 heavy (non-hydrogen) atoms. The van der Waals surface area contributed by atoms with Crippen molar-refractivity contribution in [3.8, 4) is 0 Å². The van der Waals surface area contributed by atoms with Crippen LogP contribution in [0.3, 0.4) is 0 Å². The summed E-state index contributed by atoms with van der Waals surface area (Å²) in [7, 11) is 0. The molecule has 0 aliphatic rings. The average molecular weight is 431 g/mol. The summed E-state index contributed by atoms with van der Waals surface area (Å²) in [5, 5.41) is 15.0. The Kier molecular flexibility index (Phi) is 6.48. The standard InChI is InChI=1S/C16H16ClIN2O2/c17-13-5-1-11(2-6-13)15(19-9-10-20-16(21)22)12-3-7-14(18)8-4-12/h1-8,15,19-20H,9-10H2,(H,21,22). The zero-order chi connectivity index (χ0) is 15.9. The summed E-state index contributed by atoms with van der Waals surface area (Å²) in [6.07, 6.45) is -1.01. The van der Waals surface area contributed by atoms with Crippen LogP contribution in [0.25, 0.3) is 0 Å². The van der Waals surface area contributed by atoms with E-state index in [0.717, 1.165) is 11.1 Å². The summed E-state index contributed by atoms with van der Waals surface area (Å²) in [5.74, 6) is 0. The number of rotatable bonds is 6. The Morgan fingerprint density at radius 2 is 1.59 bits per heavy atom. The van der Waals surface area contributed by atoms with Gasteiger partial charge in [-0.2, -0.15) is 0 Å². The summed E-state index contributed by atoms with van der Waals surface area (Å²) >= 11 is 8.22. The Labute approximate surface area is 148 Å². The van der Waals surface area contributed by atoms with Gasteiger partial charge in [0, 0.05) is 21.7 Å². The molecule has 2 aromatic rings. The van der Waals surface area contributed by atoms with Crippen molar-refractivity contribution in [2.45, 2.75) is 6.04 Å². The minimum atomic E-state index is -1.01. The molecule has 0 heterocycles. The maximum absolute atomic E-state index is 10.5. The summed E-state index contributed by atoms with van der Waals surface area (Å²) in [4.78, 5) is 10.5. The van der Waals surface area contributed by atoms with E-state index in [1.165, 1.54) is 3.57 Å². The van der Waals surface area contributed by atoms with Crippen molar-refractivity contribution in [2.24, 2.45) is 0 Å². The Morgan fingerprint density at radius 1 is 1.05 bits per heavy atom. The average Bonchev–Trinajstić information content (AvgIpc) is 2.50. The van der Waals surface area contributed by atoms with E-state index in [0.29, 0.717) is 18.1 Å². The molecule has 0 aromatic heterocycles. The molecule has 2 aromatic carbocycles. The number of hydrogen-bond acceptors (Lipinski definition) is 2. The number of halogens is 2. The van der Waals surface area contributed by atoms with Crippen molar-refractivity contribution < 1.29 is 9.90 Å². The topological polar surface area (TPSA) is 61.4 Å². The first-order valence-electron chi connectivity index (χ1n) is 6.77. The first-order chi connectivity index (χ1) is 10.6. The Morgan fingerprint density at radius 3 is 2.14 bits per heavy atom. The molecular formula is C16H16ClIN2O2. The Balaban J connectivity index is 2.14. The van der Waals surface area contributed by atoms with Gasteiger partial charge in [0.25, 0.3) is 0 Å². The summed E-state index contributed by atoms with van der Waals surface area (Å²) < 4.78 is 1.17. The van der Waals surface area contributed by atoms with Crippen molar-refractivity contribution in [3.63, 3.8) is 0 Å². The van der Waals surface area contributed by atoms with Crippen LogP contribution in [0.2, 0.25) is 5.02 Å². The molecule has 0 fully saturated rings. The Bertz CT molecular complexity index is 572. The van der Waals surface area contributed by atoms with Crippen LogP contribution in [0.15, 0.2) is 48.5 Å². The van der Waals surface area contributed by atoms with E-state index in [1.807, 2.05) is 24.3 Å². The monoisotopic (exact) mass is 430 g/mol. The van der Waals surface area contributed by atoms with E-state index < -0.39 is 6.09 Å². The van der Waals surface area contributed by atoms with Crippen molar-refractivity contribution >= 4 is 40.3 Å². The number of carboxylic acid groups (broad SMARTS) is 1. The number of hydrogen-bond donors (Lipinski definition) is 3. The fourth-order valence-electron chi connectivity index (χ4n) is 2.12. The lowest BCUT2D eigenvalue weighted by molar-refractivity contribution is 0.194. The van der Waals surface area contributed by atoms with Crippen LogP contribution >= 0.6 is 34.2 Å². The van der Waals surface area contributed by atoms with Gasteiger partial charge in [-0.05, 0) is 58.0 Å². The molecule has 0 spiro atoms. The number of nitrogens with one attached hydrogen (secondary N) is 2. The lowest BCUT2D eigenvalue weighted by atomic mass is 9.99. The number of benzene rings is 2. The van der Waals surface area contributed by atoms with Crippen LogP contribution in [0.1, 0.15) is 17.2 Å². The second-order valence-electron chi connectivity index (χ2n) is 4.72. The van der Waals surface area contributed by atoms with Crippen LogP contribution < -0.4 is 10.6 Å². The van der Waals surface area contributed by atoms with Crippen molar-refractivity contribution in [1.29, 1.82) is 0 Å². The highest BCUT2D eigenvalue weighted by atomic mass is 127. The number of carbonyl (C=O) groups is 1. The fraction of sp³-hybridized carbons (Fsp3) is 0.188. The molecule has 1 amide bonds. The zero-order valence-electron chi connectivity index (χ0n) is 11.7. The molecule has 4 nitrogen and oxygen atoms in total. The predicted octanol–water partition coefficient (Wildman–Crippen LogP) is 3.89. The smallest absolute Gasteiger partial charge is 0.404 e. The second kappa shape index (κ2) is 8.36. The molecule has 0 saturated heterocycles. The van der Waals surface area contributed by atoms with E-state index in [4.69, 9.17) is 16.7 Å². The molecule has 2 rings (SSSR count). The first-order valence-corrected chi connectivity index (χ1v) is 8.23. The molecular weight excluding hydrogens is 415 g/mol. The van der Waals surface area contributed by atoms with Gasteiger partial charge in [-0.15, -0.1) is 0 Å². The minimum absolute atomic E-state index is 0.00939. The van der Waals surface area contributed by atoms with Gasteiger partial charge < -0.3 is 15.7 Å². The van der Waals surface area contributed by atoms with Gasteiger partial charge in [-0.3, -0.25) is 0 Å².